The molecular formula is C13H12F2OS. The Labute approximate surface area is 102 Å². The van der Waals surface area contributed by atoms with Crippen LogP contribution in [-0.4, -0.2) is 5.11 Å². The second kappa shape index (κ2) is 4.55. The van der Waals surface area contributed by atoms with Crippen LogP contribution in [0.4, 0.5) is 8.78 Å². The third-order valence-corrected chi connectivity index (χ3v) is 3.34. The van der Waals surface area contributed by atoms with Crippen molar-refractivity contribution in [1.82, 2.24) is 0 Å². The molecule has 0 amide bonds. The summed E-state index contributed by atoms with van der Waals surface area (Å²) in [5, 5.41) is 14.1. The van der Waals surface area contributed by atoms with Crippen molar-refractivity contribution in [2.24, 2.45) is 0 Å². The molecule has 0 fully saturated rings. The number of halogens is 2. The SMILES string of the molecule is CC(O)(Cc1ccsc1)c1cc(F)cc(F)c1. The molecule has 1 N–H and O–H groups in total. The highest BCUT2D eigenvalue weighted by Crippen LogP contribution is 2.27. The zero-order chi connectivity index (χ0) is 12.5. The summed E-state index contributed by atoms with van der Waals surface area (Å²) >= 11 is 1.52. The fourth-order valence-electron chi connectivity index (χ4n) is 1.76. The zero-order valence-corrected chi connectivity index (χ0v) is 10.1. The normalized spacial score (nSPS) is 14.6. The average Bonchev–Trinajstić information content (AvgIpc) is 2.68. The Morgan fingerprint density at radius 3 is 2.41 bits per heavy atom. The van der Waals surface area contributed by atoms with Gasteiger partial charge in [0.15, 0.2) is 0 Å². The molecule has 1 atom stereocenters. The van der Waals surface area contributed by atoms with Gasteiger partial charge in [-0.05, 0) is 47.0 Å². The van der Waals surface area contributed by atoms with E-state index < -0.39 is 17.2 Å². The minimum absolute atomic E-state index is 0.251. The van der Waals surface area contributed by atoms with E-state index in [0.29, 0.717) is 6.42 Å². The molecule has 0 saturated carbocycles. The molecule has 0 radical (unpaired) electrons. The fraction of sp³-hybridized carbons (Fsp3) is 0.231. The molecule has 2 aromatic rings. The van der Waals surface area contributed by atoms with Gasteiger partial charge in [0.05, 0.1) is 5.60 Å². The molecule has 0 bridgehead atoms. The van der Waals surface area contributed by atoms with E-state index in [9.17, 15) is 13.9 Å². The molecule has 0 saturated heterocycles. The maximum Gasteiger partial charge on any atom is 0.126 e. The molecule has 1 heterocycles. The predicted molar refractivity (Wildman–Crippen MR) is 64.0 cm³/mol. The van der Waals surface area contributed by atoms with Gasteiger partial charge in [-0.1, -0.05) is 0 Å². The van der Waals surface area contributed by atoms with Gasteiger partial charge in [-0.25, -0.2) is 8.78 Å². The number of aliphatic hydroxyl groups is 1. The smallest absolute Gasteiger partial charge is 0.126 e. The van der Waals surface area contributed by atoms with Crippen molar-refractivity contribution in [3.63, 3.8) is 0 Å². The minimum atomic E-state index is -1.27. The van der Waals surface area contributed by atoms with Crippen LogP contribution in [0.15, 0.2) is 35.0 Å². The number of benzene rings is 1. The van der Waals surface area contributed by atoms with E-state index in [1.54, 1.807) is 6.92 Å². The maximum atomic E-state index is 13.1. The van der Waals surface area contributed by atoms with Gasteiger partial charge >= 0.3 is 0 Å². The van der Waals surface area contributed by atoms with Crippen LogP contribution >= 0.6 is 11.3 Å². The lowest BCUT2D eigenvalue weighted by atomic mass is 9.90. The second-order valence-electron chi connectivity index (χ2n) is 4.24. The van der Waals surface area contributed by atoms with Crippen molar-refractivity contribution in [2.75, 3.05) is 0 Å². The van der Waals surface area contributed by atoms with E-state index in [2.05, 4.69) is 0 Å². The summed E-state index contributed by atoms with van der Waals surface area (Å²) in [4.78, 5) is 0. The Morgan fingerprint density at radius 2 is 1.88 bits per heavy atom. The summed E-state index contributed by atoms with van der Waals surface area (Å²) in [6.45, 7) is 1.55. The van der Waals surface area contributed by atoms with Crippen LogP contribution in [0.25, 0.3) is 0 Å². The summed E-state index contributed by atoms with van der Waals surface area (Å²) in [6, 6.07) is 5.00. The summed E-state index contributed by atoms with van der Waals surface area (Å²) < 4.78 is 26.2. The highest BCUT2D eigenvalue weighted by Gasteiger charge is 2.25. The van der Waals surface area contributed by atoms with Gasteiger partial charge in [-0.3, -0.25) is 0 Å². The molecule has 90 valence electrons. The van der Waals surface area contributed by atoms with Gasteiger partial charge in [0, 0.05) is 12.5 Å². The predicted octanol–water partition coefficient (Wildman–Crippen LogP) is 3.48. The zero-order valence-electron chi connectivity index (χ0n) is 9.28. The first-order valence-corrected chi connectivity index (χ1v) is 6.12. The number of hydrogen-bond acceptors (Lipinski definition) is 2. The Hall–Kier alpha value is -1.26. The van der Waals surface area contributed by atoms with Crippen LogP contribution in [0.1, 0.15) is 18.1 Å². The topological polar surface area (TPSA) is 20.2 Å². The summed E-state index contributed by atoms with van der Waals surface area (Å²) in [5.74, 6) is -1.35. The molecule has 17 heavy (non-hydrogen) atoms. The highest BCUT2D eigenvalue weighted by atomic mass is 32.1. The molecule has 1 aromatic carbocycles. The lowest BCUT2D eigenvalue weighted by Gasteiger charge is -2.23. The van der Waals surface area contributed by atoms with Crippen molar-refractivity contribution >= 4 is 11.3 Å². The highest BCUT2D eigenvalue weighted by molar-refractivity contribution is 7.07. The standard InChI is InChI=1S/C13H12F2OS/c1-13(16,7-9-2-3-17-8-9)10-4-11(14)6-12(15)5-10/h2-6,8,16H,7H2,1H3. The van der Waals surface area contributed by atoms with E-state index >= 15 is 0 Å². The molecule has 0 aliphatic heterocycles. The average molecular weight is 254 g/mol. The Morgan fingerprint density at radius 1 is 1.24 bits per heavy atom. The number of hydrogen-bond donors (Lipinski definition) is 1. The van der Waals surface area contributed by atoms with Crippen LogP contribution in [0.5, 0.6) is 0 Å². The van der Waals surface area contributed by atoms with Crippen molar-refractivity contribution in [2.45, 2.75) is 18.9 Å². The van der Waals surface area contributed by atoms with Crippen LogP contribution in [-0.2, 0) is 12.0 Å². The van der Waals surface area contributed by atoms with Gasteiger partial charge < -0.3 is 5.11 Å². The van der Waals surface area contributed by atoms with Gasteiger partial charge in [-0.15, -0.1) is 0 Å². The molecule has 0 aliphatic carbocycles. The van der Waals surface area contributed by atoms with Gasteiger partial charge in [0.1, 0.15) is 11.6 Å². The Balaban J connectivity index is 2.30. The quantitative estimate of drug-likeness (QED) is 0.889. The van der Waals surface area contributed by atoms with Crippen LogP contribution < -0.4 is 0 Å². The first-order valence-electron chi connectivity index (χ1n) is 5.17. The monoisotopic (exact) mass is 254 g/mol. The summed E-state index contributed by atoms with van der Waals surface area (Å²) in [6.07, 6.45) is 0.333. The second-order valence-corrected chi connectivity index (χ2v) is 5.02. The molecule has 1 unspecified atom stereocenters. The molecular weight excluding hydrogens is 242 g/mol. The van der Waals surface area contributed by atoms with Crippen molar-refractivity contribution in [3.8, 4) is 0 Å². The third-order valence-electron chi connectivity index (χ3n) is 2.61. The van der Waals surface area contributed by atoms with Crippen molar-refractivity contribution in [1.29, 1.82) is 0 Å². The summed E-state index contributed by atoms with van der Waals surface area (Å²) in [7, 11) is 0. The van der Waals surface area contributed by atoms with Gasteiger partial charge in [0.25, 0.3) is 0 Å². The van der Waals surface area contributed by atoms with Crippen molar-refractivity contribution < 1.29 is 13.9 Å². The number of rotatable bonds is 3. The van der Waals surface area contributed by atoms with E-state index in [0.717, 1.165) is 23.8 Å². The molecule has 1 aromatic heterocycles. The molecule has 0 spiro atoms. The largest absolute Gasteiger partial charge is 0.385 e. The van der Waals surface area contributed by atoms with Gasteiger partial charge in [0.2, 0.25) is 0 Å². The molecule has 4 heteroatoms. The first kappa shape index (κ1) is 12.2. The van der Waals surface area contributed by atoms with E-state index in [4.69, 9.17) is 0 Å². The molecule has 2 rings (SSSR count). The fourth-order valence-corrected chi connectivity index (χ4v) is 2.43. The summed E-state index contributed by atoms with van der Waals surface area (Å²) in [5.41, 5.74) is -0.0739. The van der Waals surface area contributed by atoms with Crippen LogP contribution in [0.2, 0.25) is 0 Å². The lowest BCUT2D eigenvalue weighted by Crippen LogP contribution is -2.24. The van der Waals surface area contributed by atoms with Crippen molar-refractivity contribution in [3.05, 3.63) is 57.8 Å². The maximum absolute atomic E-state index is 13.1. The third kappa shape index (κ3) is 2.90. The lowest BCUT2D eigenvalue weighted by molar-refractivity contribution is 0.0570. The molecule has 0 aliphatic rings. The Kier molecular flexibility index (Phi) is 3.26. The van der Waals surface area contributed by atoms with E-state index in [-0.39, 0.29) is 5.56 Å². The minimum Gasteiger partial charge on any atom is -0.385 e. The van der Waals surface area contributed by atoms with Crippen LogP contribution in [0, 0.1) is 11.6 Å². The van der Waals surface area contributed by atoms with Gasteiger partial charge in [-0.2, -0.15) is 11.3 Å². The van der Waals surface area contributed by atoms with E-state index in [1.165, 1.54) is 11.3 Å². The number of thiophene rings is 1. The van der Waals surface area contributed by atoms with E-state index in [1.807, 2.05) is 16.8 Å². The molecule has 1 nitrogen and oxygen atoms in total. The first-order chi connectivity index (χ1) is 7.97. The van der Waals surface area contributed by atoms with Crippen LogP contribution in [0.3, 0.4) is 0 Å². The Bertz CT molecular complexity index is 486.